The van der Waals surface area contributed by atoms with Gasteiger partial charge in [-0.25, -0.2) is 0 Å². The second-order valence-corrected chi connectivity index (χ2v) is 3.68. The third-order valence-corrected chi connectivity index (χ3v) is 2.51. The van der Waals surface area contributed by atoms with Gasteiger partial charge in [0.25, 0.3) is 5.91 Å². The molecule has 16 heavy (non-hydrogen) atoms. The van der Waals surface area contributed by atoms with Gasteiger partial charge in [-0.2, -0.15) is 4.37 Å². The predicted octanol–water partition coefficient (Wildman–Crippen LogP) is 1.22. The minimum Gasteiger partial charge on any atom is -0.472 e. The van der Waals surface area contributed by atoms with E-state index in [9.17, 15) is 4.79 Å². The highest BCUT2D eigenvalue weighted by molar-refractivity contribution is 7.04. The van der Waals surface area contributed by atoms with Crippen molar-refractivity contribution in [1.29, 1.82) is 0 Å². The lowest BCUT2D eigenvalue weighted by Crippen LogP contribution is -2.11. The van der Waals surface area contributed by atoms with Crippen LogP contribution in [0.2, 0.25) is 0 Å². The van der Waals surface area contributed by atoms with Crippen molar-refractivity contribution in [2.24, 2.45) is 5.73 Å². The molecule has 2 rings (SSSR count). The van der Waals surface area contributed by atoms with E-state index >= 15 is 0 Å². The van der Waals surface area contributed by atoms with Crippen LogP contribution in [0.1, 0.15) is 15.9 Å². The minimum atomic E-state index is -0.532. The van der Waals surface area contributed by atoms with Crippen molar-refractivity contribution in [1.82, 2.24) is 9.36 Å². The molecule has 0 unspecified atom stereocenters. The van der Waals surface area contributed by atoms with Gasteiger partial charge in [0, 0.05) is 23.3 Å². The van der Waals surface area contributed by atoms with Gasteiger partial charge in [0.2, 0.25) is 5.88 Å². The molecule has 0 aromatic carbocycles. The zero-order valence-corrected chi connectivity index (χ0v) is 9.11. The molecule has 82 valence electrons. The Labute approximate surface area is 96.1 Å². The Kier molecular flexibility index (Phi) is 3.11. The average molecular weight is 235 g/mol. The van der Waals surface area contributed by atoms with E-state index in [2.05, 4.69) is 9.36 Å². The number of hydrogen-bond acceptors (Lipinski definition) is 5. The fraction of sp³-hybridized carbons (Fsp3) is 0.100. The molecule has 2 aromatic rings. The lowest BCUT2D eigenvalue weighted by atomic mass is 10.3. The van der Waals surface area contributed by atoms with Crippen LogP contribution >= 0.6 is 11.5 Å². The van der Waals surface area contributed by atoms with E-state index < -0.39 is 5.91 Å². The molecule has 2 N–H and O–H groups in total. The molecule has 0 saturated heterocycles. The number of pyridine rings is 1. The topological polar surface area (TPSA) is 78.1 Å². The molecule has 0 spiro atoms. The van der Waals surface area contributed by atoms with Gasteiger partial charge in [0.1, 0.15) is 12.2 Å². The first-order valence-corrected chi connectivity index (χ1v) is 5.37. The standard InChI is InChI=1S/C10H9N3O2S/c11-9(14)8-6-16-13-10(8)15-5-7-2-1-3-12-4-7/h1-4,6H,5H2,(H2,11,14). The largest absolute Gasteiger partial charge is 0.472 e. The highest BCUT2D eigenvalue weighted by Gasteiger charge is 2.12. The van der Waals surface area contributed by atoms with Crippen LogP contribution in [0.4, 0.5) is 0 Å². The molecule has 5 nitrogen and oxygen atoms in total. The Bertz CT molecular complexity index is 484. The molecule has 0 saturated carbocycles. The van der Waals surface area contributed by atoms with Crippen LogP contribution in [0.5, 0.6) is 5.88 Å². The number of nitrogens with zero attached hydrogens (tertiary/aromatic N) is 2. The fourth-order valence-electron chi connectivity index (χ4n) is 1.13. The second kappa shape index (κ2) is 4.71. The van der Waals surface area contributed by atoms with Gasteiger partial charge in [0.05, 0.1) is 0 Å². The number of ether oxygens (including phenoxy) is 1. The molecule has 2 heterocycles. The van der Waals surface area contributed by atoms with E-state index in [0.29, 0.717) is 12.2 Å². The highest BCUT2D eigenvalue weighted by Crippen LogP contribution is 2.19. The van der Waals surface area contributed by atoms with Crippen molar-refractivity contribution in [3.8, 4) is 5.88 Å². The minimum absolute atomic E-state index is 0.279. The predicted molar refractivity (Wildman–Crippen MR) is 59.2 cm³/mol. The highest BCUT2D eigenvalue weighted by atomic mass is 32.1. The summed E-state index contributed by atoms with van der Waals surface area (Å²) in [5, 5.41) is 1.57. The molecule has 0 radical (unpaired) electrons. The summed E-state index contributed by atoms with van der Waals surface area (Å²) in [6, 6.07) is 3.69. The zero-order valence-electron chi connectivity index (χ0n) is 8.29. The number of primary amides is 1. The number of nitrogens with two attached hydrogens (primary N) is 1. The number of hydrogen-bond donors (Lipinski definition) is 1. The Balaban J connectivity index is 2.05. The molecule has 0 fully saturated rings. The van der Waals surface area contributed by atoms with Gasteiger partial charge in [-0.05, 0) is 17.6 Å². The Morgan fingerprint density at radius 3 is 3.12 bits per heavy atom. The first-order chi connectivity index (χ1) is 7.77. The van der Waals surface area contributed by atoms with Crippen molar-refractivity contribution in [2.45, 2.75) is 6.61 Å². The second-order valence-electron chi connectivity index (χ2n) is 3.05. The van der Waals surface area contributed by atoms with Crippen LogP contribution in [0.25, 0.3) is 0 Å². The summed E-state index contributed by atoms with van der Waals surface area (Å²) >= 11 is 1.14. The van der Waals surface area contributed by atoms with Crippen LogP contribution in [-0.4, -0.2) is 15.3 Å². The molecular weight excluding hydrogens is 226 g/mol. The van der Waals surface area contributed by atoms with E-state index in [1.165, 1.54) is 0 Å². The summed E-state index contributed by atoms with van der Waals surface area (Å²) in [6.45, 7) is 0.317. The number of rotatable bonds is 4. The Morgan fingerprint density at radius 2 is 2.44 bits per heavy atom. The van der Waals surface area contributed by atoms with Crippen LogP contribution in [0.3, 0.4) is 0 Å². The maximum absolute atomic E-state index is 11.0. The number of carbonyl (C=O) groups excluding carboxylic acids is 1. The monoisotopic (exact) mass is 235 g/mol. The van der Waals surface area contributed by atoms with Gasteiger partial charge in [-0.15, -0.1) is 0 Å². The normalized spacial score (nSPS) is 10.0. The molecule has 2 aromatic heterocycles. The Hall–Kier alpha value is -1.95. The number of aromatic nitrogens is 2. The van der Waals surface area contributed by atoms with Gasteiger partial charge >= 0.3 is 0 Å². The lowest BCUT2D eigenvalue weighted by molar-refractivity contribution is 0.0996. The summed E-state index contributed by atoms with van der Waals surface area (Å²) in [5.41, 5.74) is 6.39. The SMILES string of the molecule is NC(=O)c1csnc1OCc1cccnc1. The summed E-state index contributed by atoms with van der Waals surface area (Å²) in [5.74, 6) is -0.253. The third kappa shape index (κ3) is 2.34. The van der Waals surface area contributed by atoms with Crippen molar-refractivity contribution in [2.75, 3.05) is 0 Å². The van der Waals surface area contributed by atoms with Gasteiger partial charge in [0.15, 0.2) is 0 Å². The van der Waals surface area contributed by atoms with Crippen LogP contribution in [0.15, 0.2) is 29.9 Å². The summed E-state index contributed by atoms with van der Waals surface area (Å²) in [6.07, 6.45) is 3.37. The Morgan fingerprint density at radius 1 is 1.56 bits per heavy atom. The first kappa shape index (κ1) is 10.6. The lowest BCUT2D eigenvalue weighted by Gasteiger charge is -2.03. The summed E-state index contributed by atoms with van der Waals surface area (Å²) < 4.78 is 9.33. The van der Waals surface area contributed by atoms with Crippen LogP contribution in [0, 0.1) is 0 Å². The van der Waals surface area contributed by atoms with Gasteiger partial charge in [-0.3, -0.25) is 9.78 Å². The number of amides is 1. The van der Waals surface area contributed by atoms with Crippen LogP contribution < -0.4 is 10.5 Å². The summed E-state index contributed by atoms with van der Waals surface area (Å²) in [7, 11) is 0. The van der Waals surface area contributed by atoms with Gasteiger partial charge < -0.3 is 10.5 Å². The zero-order chi connectivity index (χ0) is 11.4. The molecular formula is C10H9N3O2S. The molecule has 0 aliphatic rings. The van der Waals surface area contributed by atoms with Crippen LogP contribution in [-0.2, 0) is 6.61 Å². The molecule has 1 amide bonds. The van der Waals surface area contributed by atoms with Crippen molar-refractivity contribution < 1.29 is 9.53 Å². The van der Waals surface area contributed by atoms with Gasteiger partial charge in [-0.1, -0.05) is 6.07 Å². The van der Waals surface area contributed by atoms with E-state index in [1.807, 2.05) is 12.1 Å². The molecule has 6 heteroatoms. The summed E-state index contributed by atoms with van der Waals surface area (Å²) in [4.78, 5) is 14.9. The molecule has 0 atom stereocenters. The molecule has 0 aliphatic carbocycles. The molecule has 0 aliphatic heterocycles. The first-order valence-electron chi connectivity index (χ1n) is 4.53. The van der Waals surface area contributed by atoms with E-state index in [-0.39, 0.29) is 5.88 Å². The average Bonchev–Trinajstić information content (AvgIpc) is 2.76. The maximum atomic E-state index is 11.0. The number of carbonyl (C=O) groups is 1. The fourth-order valence-corrected chi connectivity index (χ4v) is 1.75. The van der Waals surface area contributed by atoms with E-state index in [1.54, 1.807) is 17.8 Å². The van der Waals surface area contributed by atoms with Crippen molar-refractivity contribution in [3.05, 3.63) is 41.0 Å². The maximum Gasteiger partial charge on any atom is 0.255 e. The molecule has 0 bridgehead atoms. The van der Waals surface area contributed by atoms with E-state index in [4.69, 9.17) is 10.5 Å². The van der Waals surface area contributed by atoms with E-state index in [0.717, 1.165) is 17.1 Å². The quantitative estimate of drug-likeness (QED) is 0.864. The third-order valence-electron chi connectivity index (χ3n) is 1.90. The van der Waals surface area contributed by atoms with Crippen molar-refractivity contribution >= 4 is 17.4 Å². The smallest absolute Gasteiger partial charge is 0.255 e. The van der Waals surface area contributed by atoms with Crippen molar-refractivity contribution in [3.63, 3.8) is 0 Å².